The molecule has 11 heteroatoms. The van der Waals surface area contributed by atoms with E-state index in [-0.39, 0.29) is 11.7 Å². The summed E-state index contributed by atoms with van der Waals surface area (Å²) in [5, 5.41) is 0. The van der Waals surface area contributed by atoms with Gasteiger partial charge in [0, 0.05) is 24.8 Å². The Hall–Kier alpha value is -5.55. The number of rotatable bonds is 25. The summed E-state index contributed by atoms with van der Waals surface area (Å²) in [6, 6.07) is 18.8. The van der Waals surface area contributed by atoms with Crippen LogP contribution in [0.3, 0.4) is 0 Å². The summed E-state index contributed by atoms with van der Waals surface area (Å²) in [7, 11) is 1.61. The van der Waals surface area contributed by atoms with Crippen molar-refractivity contribution in [2.75, 3.05) is 40.1 Å². The number of methoxy groups -OCH3 is 1. The first-order chi connectivity index (χ1) is 28.8. The summed E-state index contributed by atoms with van der Waals surface area (Å²) < 4.78 is 31.5. The molecular formula is C48H68O11. The topological polar surface area (TPSA) is 141 Å². The highest BCUT2D eigenvalue weighted by molar-refractivity contribution is 5.92. The molecule has 0 heterocycles. The predicted molar refractivity (Wildman–Crippen MR) is 235 cm³/mol. The quantitative estimate of drug-likeness (QED) is 0.0265. The number of hydrogen-bond acceptors (Lipinski definition) is 11. The molecule has 3 aromatic rings. The second kappa shape index (κ2) is 39.3. The molecule has 11 nitrogen and oxygen atoms in total. The summed E-state index contributed by atoms with van der Waals surface area (Å²) in [4.78, 5) is 56.0. The van der Waals surface area contributed by atoms with Crippen LogP contribution >= 0.6 is 0 Å². The molecule has 0 amide bonds. The van der Waals surface area contributed by atoms with E-state index in [4.69, 9.17) is 28.4 Å². The Kier molecular flexibility index (Phi) is 37.0. The van der Waals surface area contributed by atoms with Crippen molar-refractivity contribution in [1.29, 1.82) is 0 Å². The van der Waals surface area contributed by atoms with Crippen LogP contribution in [0.4, 0.5) is 0 Å². The molecule has 59 heavy (non-hydrogen) atoms. The first-order valence-corrected chi connectivity index (χ1v) is 20.6. The monoisotopic (exact) mass is 820 g/mol. The van der Waals surface area contributed by atoms with Crippen LogP contribution in [-0.2, 0) is 30.2 Å². The minimum atomic E-state index is -0.550. The zero-order valence-corrected chi connectivity index (χ0v) is 36.5. The van der Waals surface area contributed by atoms with Crippen LogP contribution in [0.25, 0.3) is 0 Å². The predicted octanol–water partition coefficient (Wildman–Crippen LogP) is 10.8. The van der Waals surface area contributed by atoms with Crippen LogP contribution in [0.2, 0.25) is 0 Å². The molecule has 3 aromatic carbocycles. The molecule has 0 radical (unpaired) electrons. The van der Waals surface area contributed by atoms with Gasteiger partial charge in [0.2, 0.25) is 0 Å². The SMILES string of the molecule is C=CC(=O)OCCCCCCOc1ccc(C(=O)Oc2ccc(CCOC)cc2C=O)cc1.C=CC(=O)OCCCCCCOc1ccc(C=O)cc1.CC.CC.CC. The normalized spacial score (nSPS) is 9.41. The standard InChI is InChI=1S/C26H30O7.C16H20O4.3C2H6/c1-3-25(28)32-16-7-5-4-6-15-31-23-11-9-21(10-12-23)26(29)33-24-13-8-20(14-17-30-2)18-22(24)19-27;1-2-16(18)20-12-6-4-3-5-11-19-15-9-7-14(13-17)8-10-15;3*1-2/h3,8-13,18-19H,1,4-7,14-17H2,2H3;2,7-10,13H,1,3-6,11-12H2;3*1-2H3. The van der Waals surface area contributed by atoms with Crippen molar-refractivity contribution in [3.63, 3.8) is 0 Å². The number of carbonyl (C=O) groups excluding carboxylic acids is 5. The first kappa shape index (κ1) is 55.5. The fraction of sp³-hybridized carbons (Fsp3) is 0.438. The van der Waals surface area contributed by atoms with Gasteiger partial charge >= 0.3 is 17.9 Å². The van der Waals surface area contributed by atoms with Crippen molar-refractivity contribution in [2.45, 2.75) is 99.3 Å². The fourth-order valence-electron chi connectivity index (χ4n) is 4.61. The smallest absolute Gasteiger partial charge is 0.343 e. The van der Waals surface area contributed by atoms with Crippen LogP contribution in [0.1, 0.15) is 130 Å². The zero-order valence-electron chi connectivity index (χ0n) is 36.5. The van der Waals surface area contributed by atoms with E-state index in [0.29, 0.717) is 68.2 Å². The van der Waals surface area contributed by atoms with Gasteiger partial charge in [-0.2, -0.15) is 0 Å². The lowest BCUT2D eigenvalue weighted by atomic mass is 10.1. The fourth-order valence-corrected chi connectivity index (χ4v) is 4.61. The Bertz CT molecular complexity index is 1560. The third-order valence-electron chi connectivity index (χ3n) is 7.54. The molecule has 0 saturated heterocycles. The summed E-state index contributed by atoms with van der Waals surface area (Å²) >= 11 is 0. The maximum absolute atomic E-state index is 12.5. The Morgan fingerprint density at radius 1 is 0.559 bits per heavy atom. The van der Waals surface area contributed by atoms with Gasteiger partial charge in [-0.1, -0.05) is 60.8 Å². The zero-order chi connectivity index (χ0) is 44.5. The van der Waals surface area contributed by atoms with Crippen molar-refractivity contribution >= 4 is 30.5 Å². The lowest BCUT2D eigenvalue weighted by Gasteiger charge is -2.10. The highest BCUT2D eigenvalue weighted by Crippen LogP contribution is 2.21. The molecule has 0 aliphatic carbocycles. The lowest BCUT2D eigenvalue weighted by molar-refractivity contribution is -0.138. The molecule has 0 aliphatic heterocycles. The number of ether oxygens (including phenoxy) is 6. The van der Waals surface area contributed by atoms with Crippen molar-refractivity contribution in [3.05, 3.63) is 114 Å². The number of esters is 3. The molecule has 326 valence electrons. The Labute approximate surface area is 353 Å². The number of hydrogen-bond donors (Lipinski definition) is 0. The van der Waals surface area contributed by atoms with Crippen molar-refractivity contribution < 1.29 is 52.4 Å². The molecule has 0 aliphatic rings. The maximum Gasteiger partial charge on any atom is 0.343 e. The van der Waals surface area contributed by atoms with Crippen LogP contribution in [0, 0.1) is 0 Å². The van der Waals surface area contributed by atoms with E-state index in [1.54, 1.807) is 73.8 Å². The van der Waals surface area contributed by atoms with E-state index in [1.807, 2.05) is 41.5 Å². The number of unbranched alkanes of at least 4 members (excludes halogenated alkanes) is 6. The molecule has 0 spiro atoms. The van der Waals surface area contributed by atoms with Gasteiger partial charge in [-0.25, -0.2) is 14.4 Å². The Morgan fingerprint density at radius 2 is 1.02 bits per heavy atom. The molecule has 3 rings (SSSR count). The summed E-state index contributed by atoms with van der Waals surface area (Å²) in [6.07, 6.45) is 11.9. The first-order valence-electron chi connectivity index (χ1n) is 20.6. The van der Waals surface area contributed by atoms with Gasteiger partial charge in [-0.05, 0) is 124 Å². The summed E-state index contributed by atoms with van der Waals surface area (Å²) in [6.45, 7) is 21.3. The molecule has 0 aromatic heterocycles. The minimum absolute atomic E-state index is 0.218. The van der Waals surface area contributed by atoms with Crippen LogP contribution < -0.4 is 14.2 Å². The van der Waals surface area contributed by atoms with Gasteiger partial charge in [0.1, 0.15) is 23.5 Å². The Balaban J connectivity index is 0. The van der Waals surface area contributed by atoms with Crippen molar-refractivity contribution in [2.24, 2.45) is 0 Å². The molecular weight excluding hydrogens is 753 g/mol. The second-order valence-electron chi connectivity index (χ2n) is 11.6. The average molecular weight is 821 g/mol. The van der Waals surface area contributed by atoms with E-state index in [0.717, 1.165) is 75.0 Å². The van der Waals surface area contributed by atoms with E-state index in [1.165, 1.54) is 6.08 Å². The van der Waals surface area contributed by atoms with E-state index in [2.05, 4.69) is 13.2 Å². The van der Waals surface area contributed by atoms with Crippen LogP contribution in [-0.4, -0.2) is 70.6 Å². The molecule has 0 unspecified atom stereocenters. The van der Waals surface area contributed by atoms with Gasteiger partial charge in [0.25, 0.3) is 0 Å². The molecule has 0 saturated carbocycles. The lowest BCUT2D eigenvalue weighted by Crippen LogP contribution is -2.10. The molecule has 0 fully saturated rings. The van der Waals surface area contributed by atoms with Crippen molar-refractivity contribution in [1.82, 2.24) is 0 Å². The largest absolute Gasteiger partial charge is 0.494 e. The highest BCUT2D eigenvalue weighted by Gasteiger charge is 2.13. The van der Waals surface area contributed by atoms with Gasteiger partial charge in [0.05, 0.1) is 44.2 Å². The van der Waals surface area contributed by atoms with E-state index in [9.17, 15) is 24.0 Å². The summed E-state index contributed by atoms with van der Waals surface area (Å²) in [5.41, 5.74) is 2.25. The van der Waals surface area contributed by atoms with Crippen LogP contribution in [0.5, 0.6) is 17.2 Å². The van der Waals surface area contributed by atoms with Crippen LogP contribution in [0.15, 0.2) is 92.0 Å². The third kappa shape index (κ3) is 27.7. The maximum atomic E-state index is 12.5. The molecule has 0 N–H and O–H groups in total. The molecule has 0 atom stereocenters. The average Bonchev–Trinajstić information content (AvgIpc) is 3.30. The number of carbonyl (C=O) groups is 5. The number of benzene rings is 3. The second-order valence-corrected chi connectivity index (χ2v) is 11.6. The highest BCUT2D eigenvalue weighted by atomic mass is 16.5. The minimum Gasteiger partial charge on any atom is -0.494 e. The number of aldehydes is 2. The Morgan fingerprint density at radius 3 is 1.44 bits per heavy atom. The third-order valence-corrected chi connectivity index (χ3v) is 7.54. The van der Waals surface area contributed by atoms with E-state index < -0.39 is 11.9 Å². The van der Waals surface area contributed by atoms with Crippen molar-refractivity contribution in [3.8, 4) is 17.2 Å². The van der Waals surface area contributed by atoms with E-state index >= 15 is 0 Å². The van der Waals surface area contributed by atoms with Gasteiger partial charge < -0.3 is 28.4 Å². The molecule has 0 bridgehead atoms. The van der Waals surface area contributed by atoms with Gasteiger partial charge in [0.15, 0.2) is 6.29 Å². The van der Waals surface area contributed by atoms with Gasteiger partial charge in [-0.3, -0.25) is 9.59 Å². The summed E-state index contributed by atoms with van der Waals surface area (Å²) in [5.74, 6) is 0.332. The van der Waals surface area contributed by atoms with Gasteiger partial charge in [-0.15, -0.1) is 0 Å².